The summed E-state index contributed by atoms with van der Waals surface area (Å²) in [4.78, 5) is 0. The third-order valence-electron chi connectivity index (χ3n) is 3.29. The zero-order chi connectivity index (χ0) is 12.8. The Kier molecular flexibility index (Phi) is 5.45. The molecule has 1 aromatic carbocycles. The van der Waals surface area contributed by atoms with Gasteiger partial charge in [0.15, 0.2) is 0 Å². The van der Waals surface area contributed by atoms with Crippen molar-refractivity contribution in [2.75, 3.05) is 20.3 Å². The highest BCUT2D eigenvalue weighted by Gasteiger charge is 2.14. The first kappa shape index (κ1) is 14.0. The van der Waals surface area contributed by atoms with Crippen LogP contribution in [0.1, 0.15) is 30.4 Å². The molecule has 0 aliphatic carbocycles. The van der Waals surface area contributed by atoms with Gasteiger partial charge < -0.3 is 15.6 Å². The molecule has 96 valence electrons. The van der Waals surface area contributed by atoms with Crippen LogP contribution in [0, 0.1) is 12.8 Å². The molecule has 0 aromatic heterocycles. The van der Waals surface area contributed by atoms with Crippen molar-refractivity contribution in [3.05, 3.63) is 29.3 Å². The zero-order valence-electron chi connectivity index (χ0n) is 10.9. The smallest absolute Gasteiger partial charge is 0.119 e. The maximum atomic E-state index is 9.17. The van der Waals surface area contributed by atoms with Crippen LogP contribution < -0.4 is 10.5 Å². The lowest BCUT2D eigenvalue weighted by molar-refractivity contribution is 0.217. The van der Waals surface area contributed by atoms with E-state index in [0.29, 0.717) is 12.5 Å². The highest BCUT2D eigenvalue weighted by atomic mass is 16.5. The van der Waals surface area contributed by atoms with Crippen LogP contribution in [-0.2, 0) is 0 Å². The highest BCUT2D eigenvalue weighted by Crippen LogP contribution is 2.28. The van der Waals surface area contributed by atoms with E-state index >= 15 is 0 Å². The van der Waals surface area contributed by atoms with Crippen molar-refractivity contribution >= 4 is 0 Å². The maximum Gasteiger partial charge on any atom is 0.119 e. The van der Waals surface area contributed by atoms with Gasteiger partial charge in [0, 0.05) is 6.61 Å². The molecule has 0 aliphatic heterocycles. The molecule has 1 aromatic rings. The van der Waals surface area contributed by atoms with Crippen molar-refractivity contribution < 1.29 is 9.84 Å². The standard InChI is InChI=1S/C14H23NO2/c1-10(6-12(8-15)9-16)14-5-4-13(17-3)7-11(14)2/h4-5,7,10,12,16H,6,8-9,15H2,1-3H3. The summed E-state index contributed by atoms with van der Waals surface area (Å²) in [5.74, 6) is 1.48. The molecule has 0 heterocycles. The van der Waals surface area contributed by atoms with Crippen molar-refractivity contribution in [2.45, 2.75) is 26.2 Å². The van der Waals surface area contributed by atoms with Crippen molar-refractivity contribution in [1.82, 2.24) is 0 Å². The summed E-state index contributed by atoms with van der Waals surface area (Å²) in [7, 11) is 1.67. The third-order valence-corrected chi connectivity index (χ3v) is 3.29. The van der Waals surface area contributed by atoms with Gasteiger partial charge in [-0.25, -0.2) is 0 Å². The van der Waals surface area contributed by atoms with Gasteiger partial charge in [-0.3, -0.25) is 0 Å². The number of hydrogen-bond donors (Lipinski definition) is 2. The summed E-state index contributed by atoms with van der Waals surface area (Å²) in [6.45, 7) is 4.96. The molecule has 0 fully saturated rings. The summed E-state index contributed by atoms with van der Waals surface area (Å²) in [6.07, 6.45) is 0.917. The van der Waals surface area contributed by atoms with Crippen molar-refractivity contribution in [3.8, 4) is 5.75 Å². The van der Waals surface area contributed by atoms with Crippen molar-refractivity contribution in [2.24, 2.45) is 11.7 Å². The third kappa shape index (κ3) is 3.72. The minimum atomic E-state index is 0.163. The first-order chi connectivity index (χ1) is 8.12. The van der Waals surface area contributed by atoms with Gasteiger partial charge in [-0.2, -0.15) is 0 Å². The number of ether oxygens (including phenoxy) is 1. The van der Waals surface area contributed by atoms with Crippen LogP contribution in [0.4, 0.5) is 0 Å². The zero-order valence-corrected chi connectivity index (χ0v) is 10.9. The molecule has 0 amide bonds. The molecular formula is C14H23NO2. The summed E-state index contributed by atoms with van der Waals surface area (Å²) < 4.78 is 5.19. The van der Waals surface area contributed by atoms with Gasteiger partial charge in [0.25, 0.3) is 0 Å². The van der Waals surface area contributed by atoms with E-state index in [1.54, 1.807) is 7.11 Å². The summed E-state index contributed by atoms with van der Waals surface area (Å²) in [5, 5.41) is 9.17. The molecule has 0 bridgehead atoms. The van der Waals surface area contributed by atoms with E-state index in [2.05, 4.69) is 19.9 Å². The lowest BCUT2D eigenvalue weighted by Crippen LogP contribution is -2.20. The number of rotatable bonds is 6. The molecule has 1 rings (SSSR count). The van der Waals surface area contributed by atoms with Crippen LogP contribution in [0.2, 0.25) is 0 Å². The first-order valence-corrected chi connectivity index (χ1v) is 6.07. The van der Waals surface area contributed by atoms with Crippen LogP contribution in [0.5, 0.6) is 5.75 Å². The van der Waals surface area contributed by atoms with E-state index in [4.69, 9.17) is 10.5 Å². The predicted molar refractivity (Wildman–Crippen MR) is 70.4 cm³/mol. The second-order valence-electron chi connectivity index (χ2n) is 4.64. The number of methoxy groups -OCH3 is 1. The predicted octanol–water partition coefficient (Wildman–Crippen LogP) is 2.06. The molecule has 2 atom stereocenters. The lowest BCUT2D eigenvalue weighted by atomic mass is 9.88. The molecular weight excluding hydrogens is 214 g/mol. The van der Waals surface area contributed by atoms with E-state index in [1.165, 1.54) is 11.1 Å². The monoisotopic (exact) mass is 237 g/mol. The fourth-order valence-corrected chi connectivity index (χ4v) is 2.20. The highest BCUT2D eigenvalue weighted by molar-refractivity contribution is 5.36. The van der Waals surface area contributed by atoms with Crippen LogP contribution in [0.25, 0.3) is 0 Å². The molecule has 0 radical (unpaired) electrons. The van der Waals surface area contributed by atoms with Crippen LogP contribution in [-0.4, -0.2) is 25.4 Å². The Morgan fingerprint density at radius 2 is 2.12 bits per heavy atom. The van der Waals surface area contributed by atoms with E-state index in [-0.39, 0.29) is 12.5 Å². The molecule has 3 heteroatoms. The average Bonchev–Trinajstić information content (AvgIpc) is 2.35. The first-order valence-electron chi connectivity index (χ1n) is 6.07. The van der Waals surface area contributed by atoms with E-state index < -0.39 is 0 Å². The average molecular weight is 237 g/mol. The van der Waals surface area contributed by atoms with E-state index in [9.17, 15) is 5.11 Å². The van der Waals surface area contributed by atoms with E-state index in [0.717, 1.165) is 12.2 Å². The van der Waals surface area contributed by atoms with Crippen LogP contribution in [0.15, 0.2) is 18.2 Å². The minimum absolute atomic E-state index is 0.163. The summed E-state index contributed by atoms with van der Waals surface area (Å²) >= 11 is 0. The molecule has 3 N–H and O–H groups in total. The van der Waals surface area contributed by atoms with Gasteiger partial charge in [0.2, 0.25) is 0 Å². The number of aryl methyl sites for hydroxylation is 1. The second-order valence-corrected chi connectivity index (χ2v) is 4.64. The largest absolute Gasteiger partial charge is 0.497 e. The number of benzene rings is 1. The molecule has 3 nitrogen and oxygen atoms in total. The molecule has 0 aliphatic rings. The topological polar surface area (TPSA) is 55.5 Å². The van der Waals surface area contributed by atoms with Crippen LogP contribution in [0.3, 0.4) is 0 Å². The number of aliphatic hydroxyl groups excluding tert-OH is 1. The van der Waals surface area contributed by atoms with Crippen LogP contribution >= 0.6 is 0 Å². The normalized spacial score (nSPS) is 14.4. The Morgan fingerprint density at radius 3 is 2.59 bits per heavy atom. The number of nitrogens with two attached hydrogens (primary N) is 1. The second kappa shape index (κ2) is 6.62. The summed E-state index contributed by atoms with van der Waals surface area (Å²) in [5.41, 5.74) is 8.14. The molecule has 0 saturated heterocycles. The Balaban J connectivity index is 2.78. The molecule has 17 heavy (non-hydrogen) atoms. The fourth-order valence-electron chi connectivity index (χ4n) is 2.20. The minimum Gasteiger partial charge on any atom is -0.497 e. The van der Waals surface area contributed by atoms with Gasteiger partial charge in [-0.15, -0.1) is 0 Å². The SMILES string of the molecule is COc1ccc(C(C)CC(CN)CO)c(C)c1. The Labute approximate surface area is 104 Å². The van der Waals surface area contributed by atoms with Crippen molar-refractivity contribution in [1.29, 1.82) is 0 Å². The quantitative estimate of drug-likeness (QED) is 0.796. The maximum absolute atomic E-state index is 9.17. The van der Waals surface area contributed by atoms with Gasteiger partial charge in [-0.05, 0) is 55.0 Å². The molecule has 2 unspecified atom stereocenters. The van der Waals surface area contributed by atoms with Gasteiger partial charge in [-0.1, -0.05) is 13.0 Å². The summed E-state index contributed by atoms with van der Waals surface area (Å²) in [6, 6.07) is 6.13. The van der Waals surface area contributed by atoms with Gasteiger partial charge in [0.05, 0.1) is 7.11 Å². The van der Waals surface area contributed by atoms with Gasteiger partial charge >= 0.3 is 0 Å². The fraction of sp³-hybridized carbons (Fsp3) is 0.571. The Bertz CT molecular complexity index is 348. The van der Waals surface area contributed by atoms with Crippen molar-refractivity contribution in [3.63, 3.8) is 0 Å². The Morgan fingerprint density at radius 1 is 1.41 bits per heavy atom. The molecule has 0 spiro atoms. The van der Waals surface area contributed by atoms with Gasteiger partial charge in [0.1, 0.15) is 5.75 Å². The lowest BCUT2D eigenvalue weighted by Gasteiger charge is -2.20. The molecule has 0 saturated carbocycles. The number of hydrogen-bond acceptors (Lipinski definition) is 3. The number of aliphatic hydroxyl groups is 1. The van der Waals surface area contributed by atoms with E-state index in [1.807, 2.05) is 12.1 Å². The Hall–Kier alpha value is -1.06.